The molecule has 0 spiro atoms. The number of ether oxygens (including phenoxy) is 1. The highest BCUT2D eigenvalue weighted by Crippen LogP contribution is 2.26. The minimum Gasteiger partial charge on any atom is -0.383 e. The number of aromatic nitrogens is 4. The number of hydrogen-bond donors (Lipinski definition) is 2. The number of carbonyl (C=O) groups is 2. The average molecular weight is 498 g/mol. The van der Waals surface area contributed by atoms with Crippen molar-refractivity contribution in [2.45, 2.75) is 52.8 Å². The number of nitrogens with two attached hydrogens (primary N) is 1. The summed E-state index contributed by atoms with van der Waals surface area (Å²) in [5.74, 6) is -0.946. The molecule has 0 aliphatic rings. The molecule has 0 fully saturated rings. The van der Waals surface area contributed by atoms with Crippen LogP contribution in [0.15, 0.2) is 36.8 Å². The van der Waals surface area contributed by atoms with Gasteiger partial charge in [0.25, 0.3) is 0 Å². The Morgan fingerprint density at radius 1 is 1.20 bits per heavy atom. The minimum absolute atomic E-state index is 0.176. The minimum atomic E-state index is -1.23. The van der Waals surface area contributed by atoms with Crippen LogP contribution in [0.5, 0.6) is 0 Å². The van der Waals surface area contributed by atoms with E-state index in [9.17, 15) is 9.59 Å². The maximum atomic E-state index is 13.1. The highest BCUT2D eigenvalue weighted by atomic mass is 28.3. The SMILES string of the molecule is CC(C)CN(Cc1ccccn1)C(=O)C(=O)Nc1cnc(N)c2cnn(COCC[Si](C)(C)C)c12. The first-order valence-corrected chi connectivity index (χ1v) is 15.4. The maximum Gasteiger partial charge on any atom is 0.314 e. The van der Waals surface area contributed by atoms with Crippen LogP contribution >= 0.6 is 0 Å². The predicted octanol–water partition coefficient (Wildman–Crippen LogP) is 3.34. The number of nitrogens with one attached hydrogen (secondary N) is 1. The van der Waals surface area contributed by atoms with E-state index in [1.54, 1.807) is 17.1 Å². The highest BCUT2D eigenvalue weighted by Gasteiger charge is 2.25. The maximum absolute atomic E-state index is 13.1. The zero-order valence-electron chi connectivity index (χ0n) is 21.1. The van der Waals surface area contributed by atoms with E-state index in [0.717, 1.165) is 6.04 Å². The molecule has 0 saturated carbocycles. The van der Waals surface area contributed by atoms with E-state index in [1.165, 1.54) is 11.1 Å². The summed E-state index contributed by atoms with van der Waals surface area (Å²) in [5, 5.41) is 7.66. The molecule has 3 aromatic heterocycles. The van der Waals surface area contributed by atoms with E-state index in [2.05, 4.69) is 40.0 Å². The van der Waals surface area contributed by atoms with Crippen LogP contribution in [0.2, 0.25) is 25.7 Å². The molecule has 10 nitrogen and oxygen atoms in total. The first-order chi connectivity index (χ1) is 16.5. The third kappa shape index (κ3) is 7.33. The van der Waals surface area contributed by atoms with E-state index in [1.807, 2.05) is 32.0 Å². The molecule has 3 N–H and O–H groups in total. The number of carbonyl (C=O) groups excluding carboxylic acids is 2. The van der Waals surface area contributed by atoms with Crippen LogP contribution in [0.25, 0.3) is 10.9 Å². The van der Waals surface area contributed by atoms with Crippen molar-refractivity contribution < 1.29 is 14.3 Å². The Labute approximate surface area is 206 Å². The molecule has 3 aromatic rings. The Kier molecular flexibility index (Phi) is 8.57. The van der Waals surface area contributed by atoms with Crippen LogP contribution in [0.1, 0.15) is 19.5 Å². The van der Waals surface area contributed by atoms with Gasteiger partial charge in [0.1, 0.15) is 12.5 Å². The molecular formula is C24H35N7O3Si. The van der Waals surface area contributed by atoms with Gasteiger partial charge in [0.2, 0.25) is 0 Å². The zero-order valence-corrected chi connectivity index (χ0v) is 22.1. The molecule has 0 aliphatic carbocycles. The summed E-state index contributed by atoms with van der Waals surface area (Å²) in [6.45, 7) is 12.3. The highest BCUT2D eigenvalue weighted by molar-refractivity contribution is 6.76. The molecule has 2 amide bonds. The molecule has 0 unspecified atom stereocenters. The number of nitrogen functional groups attached to an aromatic ring is 1. The topological polar surface area (TPSA) is 128 Å². The fourth-order valence-corrected chi connectivity index (χ4v) is 4.26. The lowest BCUT2D eigenvalue weighted by Crippen LogP contribution is -2.41. The van der Waals surface area contributed by atoms with Crippen LogP contribution in [0.4, 0.5) is 11.5 Å². The molecule has 35 heavy (non-hydrogen) atoms. The van der Waals surface area contributed by atoms with Crippen LogP contribution in [0.3, 0.4) is 0 Å². The molecule has 11 heteroatoms. The number of fused-ring (bicyclic) bond motifs is 1. The quantitative estimate of drug-likeness (QED) is 0.250. The zero-order chi connectivity index (χ0) is 25.6. The van der Waals surface area contributed by atoms with E-state index in [0.29, 0.717) is 35.4 Å². The third-order valence-electron chi connectivity index (χ3n) is 5.31. The van der Waals surface area contributed by atoms with Gasteiger partial charge >= 0.3 is 11.8 Å². The van der Waals surface area contributed by atoms with Crippen molar-refractivity contribution >= 4 is 42.3 Å². The monoisotopic (exact) mass is 497 g/mol. The molecule has 0 radical (unpaired) electrons. The second kappa shape index (κ2) is 11.4. The third-order valence-corrected chi connectivity index (χ3v) is 7.01. The van der Waals surface area contributed by atoms with Gasteiger partial charge in [-0.25, -0.2) is 9.67 Å². The Morgan fingerprint density at radius 3 is 2.63 bits per heavy atom. The summed E-state index contributed by atoms with van der Waals surface area (Å²) < 4.78 is 7.46. The molecule has 0 aromatic carbocycles. The van der Waals surface area contributed by atoms with Gasteiger partial charge in [-0.2, -0.15) is 5.10 Å². The molecule has 0 aliphatic heterocycles. The van der Waals surface area contributed by atoms with Gasteiger partial charge in [0.15, 0.2) is 0 Å². The van der Waals surface area contributed by atoms with Crippen molar-refractivity contribution in [1.29, 1.82) is 0 Å². The van der Waals surface area contributed by atoms with Crippen molar-refractivity contribution in [1.82, 2.24) is 24.6 Å². The smallest absolute Gasteiger partial charge is 0.314 e. The van der Waals surface area contributed by atoms with E-state index in [4.69, 9.17) is 10.5 Å². The number of pyridine rings is 2. The molecule has 0 atom stereocenters. The average Bonchev–Trinajstić information content (AvgIpc) is 3.22. The largest absolute Gasteiger partial charge is 0.383 e. The summed E-state index contributed by atoms with van der Waals surface area (Å²) in [5.41, 5.74) is 7.65. The Morgan fingerprint density at radius 2 is 1.97 bits per heavy atom. The van der Waals surface area contributed by atoms with Gasteiger partial charge in [0, 0.05) is 27.4 Å². The first-order valence-electron chi connectivity index (χ1n) is 11.7. The molecule has 0 bridgehead atoms. The fraction of sp³-hybridized carbons (Fsp3) is 0.458. The summed E-state index contributed by atoms with van der Waals surface area (Å²) in [6.07, 6.45) is 4.69. The van der Waals surface area contributed by atoms with Crippen LogP contribution in [-0.2, 0) is 27.6 Å². The van der Waals surface area contributed by atoms with E-state index >= 15 is 0 Å². The van der Waals surface area contributed by atoms with E-state index < -0.39 is 19.9 Å². The number of amides is 2. The molecule has 3 heterocycles. The van der Waals surface area contributed by atoms with Gasteiger partial charge in [-0.15, -0.1) is 0 Å². The lowest BCUT2D eigenvalue weighted by atomic mass is 10.2. The van der Waals surface area contributed by atoms with Gasteiger partial charge in [-0.3, -0.25) is 14.6 Å². The van der Waals surface area contributed by atoms with Crippen LogP contribution in [-0.4, -0.2) is 57.7 Å². The van der Waals surface area contributed by atoms with Crippen molar-refractivity contribution in [3.05, 3.63) is 42.5 Å². The second-order valence-electron chi connectivity index (χ2n) is 10.2. The van der Waals surface area contributed by atoms with E-state index in [-0.39, 0.29) is 25.0 Å². The molecule has 0 saturated heterocycles. The standard InChI is InChI=1S/C24H35N7O3Si/c1-17(2)14-30(15-18-8-6-7-9-26-18)24(33)23(32)29-20-13-27-22(25)19-12-28-31(21(19)20)16-34-10-11-35(3,4)5/h6-9,12-13,17H,10-11,14-16H2,1-5H3,(H2,25,27)(H,29,32). The Hall–Kier alpha value is -3.31. The lowest BCUT2D eigenvalue weighted by molar-refractivity contribution is -0.144. The fourth-order valence-electron chi connectivity index (χ4n) is 3.51. The van der Waals surface area contributed by atoms with Gasteiger partial charge in [0.05, 0.1) is 41.2 Å². The van der Waals surface area contributed by atoms with Gasteiger partial charge in [-0.1, -0.05) is 39.6 Å². The summed E-state index contributed by atoms with van der Waals surface area (Å²) >= 11 is 0. The number of anilines is 2. The van der Waals surface area contributed by atoms with Crippen molar-refractivity contribution in [3.63, 3.8) is 0 Å². The number of nitrogens with zero attached hydrogens (tertiary/aromatic N) is 5. The summed E-state index contributed by atoms with van der Waals surface area (Å²) in [4.78, 5) is 36.1. The van der Waals surface area contributed by atoms with Gasteiger partial charge in [-0.05, 0) is 24.1 Å². The molecule has 3 rings (SSSR count). The van der Waals surface area contributed by atoms with Crippen LogP contribution in [0, 0.1) is 5.92 Å². The second-order valence-corrected chi connectivity index (χ2v) is 15.8. The molecule has 188 valence electrons. The lowest BCUT2D eigenvalue weighted by Gasteiger charge is -2.23. The normalized spacial score (nSPS) is 11.7. The predicted molar refractivity (Wildman–Crippen MR) is 139 cm³/mol. The molecular weight excluding hydrogens is 462 g/mol. The first kappa shape index (κ1) is 26.3. The Balaban J connectivity index is 1.79. The van der Waals surface area contributed by atoms with Crippen LogP contribution < -0.4 is 11.1 Å². The van der Waals surface area contributed by atoms with Gasteiger partial charge < -0.3 is 20.7 Å². The number of rotatable bonds is 10. The van der Waals surface area contributed by atoms with Crippen molar-refractivity contribution in [2.24, 2.45) is 5.92 Å². The summed E-state index contributed by atoms with van der Waals surface area (Å²) in [6, 6.07) is 6.51. The number of hydrogen-bond acceptors (Lipinski definition) is 7. The Bertz CT molecular complexity index is 1160. The van der Waals surface area contributed by atoms with Crippen molar-refractivity contribution in [2.75, 3.05) is 24.2 Å². The summed E-state index contributed by atoms with van der Waals surface area (Å²) in [7, 11) is -1.23. The van der Waals surface area contributed by atoms with Crippen molar-refractivity contribution in [3.8, 4) is 0 Å².